The van der Waals surface area contributed by atoms with Crippen LogP contribution in [0.4, 0.5) is 0 Å². The van der Waals surface area contributed by atoms with Crippen LogP contribution >= 0.6 is 0 Å². The lowest BCUT2D eigenvalue weighted by Crippen LogP contribution is -2.25. The van der Waals surface area contributed by atoms with Crippen molar-refractivity contribution in [3.8, 4) is 0 Å². The SMILES string of the molecule is CS(=O)(=O)Cc1ccc(C(=O)NCCCn2ccnc2)cc1. The highest BCUT2D eigenvalue weighted by Crippen LogP contribution is 2.08. The molecule has 0 atom stereocenters. The molecule has 0 unspecified atom stereocenters. The number of rotatable bonds is 7. The summed E-state index contributed by atoms with van der Waals surface area (Å²) in [7, 11) is -3.06. The van der Waals surface area contributed by atoms with Crippen molar-refractivity contribution in [2.45, 2.75) is 18.7 Å². The summed E-state index contributed by atoms with van der Waals surface area (Å²) in [6.45, 7) is 1.37. The minimum absolute atomic E-state index is 0.0141. The van der Waals surface area contributed by atoms with Crippen molar-refractivity contribution in [3.05, 3.63) is 54.1 Å². The fraction of sp³-hybridized carbons (Fsp3) is 0.333. The molecule has 2 rings (SSSR count). The van der Waals surface area contributed by atoms with Crippen molar-refractivity contribution >= 4 is 15.7 Å². The van der Waals surface area contributed by atoms with Gasteiger partial charge in [0.25, 0.3) is 5.91 Å². The summed E-state index contributed by atoms with van der Waals surface area (Å²) < 4.78 is 24.4. The number of imidazole rings is 1. The van der Waals surface area contributed by atoms with Gasteiger partial charge in [-0.2, -0.15) is 0 Å². The molecule has 1 amide bonds. The highest BCUT2D eigenvalue weighted by atomic mass is 32.2. The number of hydrogen-bond acceptors (Lipinski definition) is 4. The van der Waals surface area contributed by atoms with Gasteiger partial charge in [-0.25, -0.2) is 13.4 Å². The molecule has 1 heterocycles. The number of benzene rings is 1. The van der Waals surface area contributed by atoms with Gasteiger partial charge in [0.05, 0.1) is 12.1 Å². The lowest BCUT2D eigenvalue weighted by Gasteiger charge is -2.06. The maximum atomic E-state index is 12.0. The van der Waals surface area contributed by atoms with Crippen molar-refractivity contribution in [1.29, 1.82) is 0 Å². The Labute approximate surface area is 130 Å². The highest BCUT2D eigenvalue weighted by molar-refractivity contribution is 7.89. The number of aryl methyl sites for hydroxylation is 1. The van der Waals surface area contributed by atoms with Gasteiger partial charge in [0, 0.05) is 37.3 Å². The van der Waals surface area contributed by atoms with E-state index in [1.807, 2.05) is 10.8 Å². The van der Waals surface area contributed by atoms with Crippen molar-refractivity contribution in [2.75, 3.05) is 12.8 Å². The van der Waals surface area contributed by atoms with Crippen LogP contribution in [0.1, 0.15) is 22.3 Å². The van der Waals surface area contributed by atoms with Gasteiger partial charge in [-0.1, -0.05) is 12.1 Å². The predicted molar refractivity (Wildman–Crippen MR) is 84.2 cm³/mol. The van der Waals surface area contributed by atoms with Crippen molar-refractivity contribution < 1.29 is 13.2 Å². The van der Waals surface area contributed by atoms with Crippen LogP contribution in [0.3, 0.4) is 0 Å². The molecule has 0 aliphatic carbocycles. The van der Waals surface area contributed by atoms with Crippen LogP contribution in [0, 0.1) is 0 Å². The Hall–Kier alpha value is -2.15. The second-order valence-corrected chi connectivity index (χ2v) is 7.32. The summed E-state index contributed by atoms with van der Waals surface area (Å²) in [5.74, 6) is -0.170. The van der Waals surface area contributed by atoms with Gasteiger partial charge in [0.2, 0.25) is 0 Å². The van der Waals surface area contributed by atoms with Crippen LogP contribution in [0.25, 0.3) is 0 Å². The van der Waals surface area contributed by atoms with Crippen molar-refractivity contribution in [2.24, 2.45) is 0 Å². The Morgan fingerprint density at radius 2 is 2.00 bits per heavy atom. The molecule has 1 N–H and O–H groups in total. The zero-order chi connectivity index (χ0) is 16.0. The molecule has 0 radical (unpaired) electrons. The van der Waals surface area contributed by atoms with E-state index in [1.165, 1.54) is 6.26 Å². The number of sulfone groups is 1. The minimum Gasteiger partial charge on any atom is -0.352 e. The second kappa shape index (κ2) is 7.22. The summed E-state index contributed by atoms with van der Waals surface area (Å²) in [6, 6.07) is 6.63. The molecule has 0 saturated heterocycles. The van der Waals surface area contributed by atoms with E-state index < -0.39 is 9.84 Å². The Morgan fingerprint density at radius 3 is 2.59 bits per heavy atom. The van der Waals surface area contributed by atoms with Crippen molar-refractivity contribution in [3.63, 3.8) is 0 Å². The second-order valence-electron chi connectivity index (χ2n) is 5.18. The monoisotopic (exact) mass is 321 g/mol. The normalized spacial score (nSPS) is 11.3. The number of carbonyl (C=O) groups is 1. The average Bonchev–Trinajstić information content (AvgIpc) is 2.95. The maximum absolute atomic E-state index is 12.0. The summed E-state index contributed by atoms with van der Waals surface area (Å²) in [6.07, 6.45) is 7.34. The number of nitrogens with zero attached hydrogens (tertiary/aromatic N) is 2. The van der Waals surface area contributed by atoms with Gasteiger partial charge >= 0.3 is 0 Å². The quantitative estimate of drug-likeness (QED) is 0.778. The first kappa shape index (κ1) is 16.2. The first-order valence-electron chi connectivity index (χ1n) is 6.95. The molecule has 0 fully saturated rings. The third-order valence-electron chi connectivity index (χ3n) is 3.08. The lowest BCUT2D eigenvalue weighted by molar-refractivity contribution is 0.0952. The Kier molecular flexibility index (Phi) is 5.32. The zero-order valence-electron chi connectivity index (χ0n) is 12.4. The molecular weight excluding hydrogens is 302 g/mol. The fourth-order valence-electron chi connectivity index (χ4n) is 2.04. The molecular formula is C15H19N3O3S. The lowest BCUT2D eigenvalue weighted by atomic mass is 10.1. The van der Waals surface area contributed by atoms with Crippen LogP contribution in [-0.4, -0.2) is 36.7 Å². The maximum Gasteiger partial charge on any atom is 0.251 e. The van der Waals surface area contributed by atoms with E-state index in [0.717, 1.165) is 13.0 Å². The molecule has 0 spiro atoms. The van der Waals surface area contributed by atoms with Crippen LogP contribution in [-0.2, 0) is 22.1 Å². The van der Waals surface area contributed by atoms with Crippen LogP contribution in [0.5, 0.6) is 0 Å². The number of nitrogens with one attached hydrogen (secondary N) is 1. The number of amides is 1. The van der Waals surface area contributed by atoms with Crippen LogP contribution in [0.2, 0.25) is 0 Å². The Morgan fingerprint density at radius 1 is 1.27 bits per heavy atom. The van der Waals surface area contributed by atoms with Crippen LogP contribution in [0.15, 0.2) is 43.0 Å². The number of aromatic nitrogens is 2. The molecule has 0 saturated carbocycles. The number of hydrogen-bond donors (Lipinski definition) is 1. The number of carbonyl (C=O) groups excluding carboxylic acids is 1. The van der Waals surface area contributed by atoms with E-state index in [-0.39, 0.29) is 11.7 Å². The highest BCUT2D eigenvalue weighted by Gasteiger charge is 2.07. The zero-order valence-corrected chi connectivity index (χ0v) is 13.2. The molecule has 22 heavy (non-hydrogen) atoms. The van der Waals surface area contributed by atoms with E-state index in [0.29, 0.717) is 17.7 Å². The summed E-state index contributed by atoms with van der Waals surface area (Å²) in [5, 5.41) is 2.84. The molecule has 0 bridgehead atoms. The molecule has 118 valence electrons. The minimum atomic E-state index is -3.06. The molecule has 1 aromatic carbocycles. The third kappa shape index (κ3) is 5.33. The van der Waals surface area contributed by atoms with Crippen molar-refractivity contribution in [1.82, 2.24) is 14.9 Å². The van der Waals surface area contributed by atoms with Gasteiger partial charge in [-0.05, 0) is 24.1 Å². The molecule has 0 aliphatic heterocycles. The summed E-state index contributed by atoms with van der Waals surface area (Å²) in [4.78, 5) is 15.9. The van der Waals surface area contributed by atoms with E-state index in [4.69, 9.17) is 0 Å². The van der Waals surface area contributed by atoms with E-state index in [2.05, 4.69) is 10.3 Å². The molecule has 7 heteroatoms. The molecule has 2 aromatic rings. The van der Waals surface area contributed by atoms with Gasteiger partial charge in [-0.15, -0.1) is 0 Å². The largest absolute Gasteiger partial charge is 0.352 e. The summed E-state index contributed by atoms with van der Waals surface area (Å²) >= 11 is 0. The smallest absolute Gasteiger partial charge is 0.251 e. The molecule has 0 aliphatic rings. The standard InChI is InChI=1S/C15H19N3O3S/c1-22(20,21)11-13-3-5-14(6-4-13)15(19)17-7-2-9-18-10-8-16-12-18/h3-6,8,10,12H,2,7,9,11H2,1H3,(H,17,19). The third-order valence-corrected chi connectivity index (χ3v) is 3.94. The first-order valence-corrected chi connectivity index (χ1v) is 9.01. The summed E-state index contributed by atoms with van der Waals surface area (Å²) in [5.41, 5.74) is 1.21. The van der Waals surface area contributed by atoms with Gasteiger partial charge < -0.3 is 9.88 Å². The fourth-order valence-corrected chi connectivity index (χ4v) is 2.84. The first-order chi connectivity index (χ1) is 10.4. The average molecular weight is 321 g/mol. The van der Waals surface area contributed by atoms with Gasteiger partial charge in [0.15, 0.2) is 9.84 Å². The Balaban J connectivity index is 1.79. The predicted octanol–water partition coefficient (Wildman–Crippen LogP) is 1.25. The van der Waals surface area contributed by atoms with E-state index >= 15 is 0 Å². The van der Waals surface area contributed by atoms with Crippen LogP contribution < -0.4 is 5.32 Å². The molecule has 6 nitrogen and oxygen atoms in total. The van der Waals surface area contributed by atoms with Gasteiger partial charge in [-0.3, -0.25) is 4.79 Å². The Bertz CT molecular complexity index is 707. The van der Waals surface area contributed by atoms with Gasteiger partial charge in [0.1, 0.15) is 0 Å². The van der Waals surface area contributed by atoms with E-state index in [1.54, 1.807) is 36.8 Å². The molecule has 1 aromatic heterocycles. The topological polar surface area (TPSA) is 81.1 Å². The van der Waals surface area contributed by atoms with E-state index in [9.17, 15) is 13.2 Å².